The van der Waals surface area contributed by atoms with Gasteiger partial charge in [-0.05, 0) is 43.0 Å². The molecular formula is C21H27NO3S. The Morgan fingerprint density at radius 1 is 1.04 bits per heavy atom. The average molecular weight is 374 g/mol. The lowest BCUT2D eigenvalue weighted by molar-refractivity contribution is -0.120. The number of carbonyl (C=O) groups is 1. The van der Waals surface area contributed by atoms with Crippen molar-refractivity contribution in [1.82, 2.24) is 5.32 Å². The summed E-state index contributed by atoms with van der Waals surface area (Å²) in [5.41, 5.74) is 2.41. The fraction of sp³-hybridized carbons (Fsp3) is 0.381. The molecule has 0 saturated carbocycles. The molecule has 1 atom stereocenters. The van der Waals surface area contributed by atoms with E-state index < -0.39 is 0 Å². The predicted molar refractivity (Wildman–Crippen MR) is 108 cm³/mol. The third-order valence-electron chi connectivity index (χ3n) is 4.10. The first-order valence-electron chi connectivity index (χ1n) is 8.78. The van der Waals surface area contributed by atoms with Crippen LogP contribution in [0.25, 0.3) is 0 Å². The van der Waals surface area contributed by atoms with Crippen LogP contribution in [0.3, 0.4) is 0 Å². The van der Waals surface area contributed by atoms with E-state index in [4.69, 9.17) is 9.47 Å². The van der Waals surface area contributed by atoms with Crippen molar-refractivity contribution in [2.45, 2.75) is 30.8 Å². The second-order valence-corrected chi connectivity index (χ2v) is 7.35. The summed E-state index contributed by atoms with van der Waals surface area (Å²) >= 11 is 1.66. The SMILES string of the molecule is COc1ccc(CCCNC(=O)[C@@H](C)SCc2ccccc2)cc1OC. The number of aryl methyl sites for hydroxylation is 1. The zero-order valence-corrected chi connectivity index (χ0v) is 16.5. The molecule has 2 rings (SSSR count). The Kier molecular flexibility index (Phi) is 8.35. The van der Waals surface area contributed by atoms with Crippen LogP contribution in [-0.2, 0) is 17.0 Å². The maximum absolute atomic E-state index is 12.2. The van der Waals surface area contributed by atoms with Crippen molar-refractivity contribution in [2.24, 2.45) is 0 Å². The van der Waals surface area contributed by atoms with Crippen molar-refractivity contribution < 1.29 is 14.3 Å². The maximum Gasteiger partial charge on any atom is 0.232 e. The van der Waals surface area contributed by atoms with Gasteiger partial charge in [0.15, 0.2) is 11.5 Å². The van der Waals surface area contributed by atoms with E-state index in [2.05, 4.69) is 17.4 Å². The third-order valence-corrected chi connectivity index (χ3v) is 5.32. The largest absolute Gasteiger partial charge is 0.493 e. The molecule has 140 valence electrons. The van der Waals surface area contributed by atoms with Gasteiger partial charge in [0.1, 0.15) is 0 Å². The second-order valence-electron chi connectivity index (χ2n) is 6.02. The van der Waals surface area contributed by atoms with Gasteiger partial charge >= 0.3 is 0 Å². The Hall–Kier alpha value is -2.14. The zero-order valence-electron chi connectivity index (χ0n) is 15.7. The van der Waals surface area contributed by atoms with Gasteiger partial charge in [-0.3, -0.25) is 4.79 Å². The number of hydrogen-bond donors (Lipinski definition) is 1. The molecule has 0 aromatic heterocycles. The highest BCUT2D eigenvalue weighted by molar-refractivity contribution is 7.99. The van der Waals surface area contributed by atoms with Gasteiger partial charge in [-0.1, -0.05) is 36.4 Å². The first-order valence-corrected chi connectivity index (χ1v) is 9.83. The first-order chi connectivity index (χ1) is 12.6. The van der Waals surface area contributed by atoms with Crippen LogP contribution < -0.4 is 14.8 Å². The number of amides is 1. The Morgan fingerprint density at radius 2 is 1.77 bits per heavy atom. The molecule has 0 aliphatic rings. The molecule has 0 aliphatic heterocycles. The molecule has 0 bridgehead atoms. The molecule has 2 aromatic rings. The lowest BCUT2D eigenvalue weighted by Crippen LogP contribution is -2.31. The van der Waals surface area contributed by atoms with Crippen molar-refractivity contribution in [1.29, 1.82) is 0 Å². The predicted octanol–water partition coefficient (Wildman–Crippen LogP) is 4.07. The number of ether oxygens (including phenoxy) is 2. The number of rotatable bonds is 10. The lowest BCUT2D eigenvalue weighted by Gasteiger charge is -2.12. The monoisotopic (exact) mass is 373 g/mol. The summed E-state index contributed by atoms with van der Waals surface area (Å²) in [6, 6.07) is 16.1. The third kappa shape index (κ3) is 6.30. The topological polar surface area (TPSA) is 47.6 Å². The summed E-state index contributed by atoms with van der Waals surface area (Å²) in [7, 11) is 3.26. The van der Waals surface area contributed by atoms with Gasteiger partial charge in [-0.2, -0.15) is 0 Å². The van der Waals surface area contributed by atoms with Crippen molar-refractivity contribution in [2.75, 3.05) is 20.8 Å². The number of methoxy groups -OCH3 is 2. The Bertz CT molecular complexity index is 691. The van der Waals surface area contributed by atoms with E-state index in [9.17, 15) is 4.79 Å². The van der Waals surface area contributed by atoms with Gasteiger partial charge in [-0.25, -0.2) is 0 Å². The normalized spacial score (nSPS) is 11.7. The van der Waals surface area contributed by atoms with E-state index in [-0.39, 0.29) is 11.2 Å². The van der Waals surface area contributed by atoms with Crippen LogP contribution in [0.15, 0.2) is 48.5 Å². The molecule has 0 fully saturated rings. The van der Waals surface area contributed by atoms with Gasteiger partial charge in [0.05, 0.1) is 19.5 Å². The van der Waals surface area contributed by atoms with Crippen molar-refractivity contribution in [3.8, 4) is 11.5 Å². The Labute approximate surface area is 160 Å². The minimum atomic E-state index is -0.0590. The van der Waals surface area contributed by atoms with Crippen LogP contribution in [0.5, 0.6) is 11.5 Å². The van der Waals surface area contributed by atoms with E-state index in [1.165, 1.54) is 11.1 Å². The van der Waals surface area contributed by atoms with Crippen LogP contribution in [0.4, 0.5) is 0 Å². The molecular weight excluding hydrogens is 346 g/mol. The maximum atomic E-state index is 12.2. The first kappa shape index (κ1) is 20.2. The van der Waals surface area contributed by atoms with Crippen molar-refractivity contribution in [3.63, 3.8) is 0 Å². The van der Waals surface area contributed by atoms with E-state index >= 15 is 0 Å². The zero-order chi connectivity index (χ0) is 18.8. The molecule has 0 unspecified atom stereocenters. The molecule has 0 aliphatic carbocycles. The van der Waals surface area contributed by atoms with Gasteiger partial charge in [-0.15, -0.1) is 11.8 Å². The lowest BCUT2D eigenvalue weighted by atomic mass is 10.1. The second kappa shape index (κ2) is 10.8. The van der Waals surface area contributed by atoms with Gasteiger partial charge < -0.3 is 14.8 Å². The summed E-state index contributed by atoms with van der Waals surface area (Å²) in [5.74, 6) is 2.41. The van der Waals surface area contributed by atoms with E-state index in [0.717, 1.165) is 30.1 Å². The summed E-state index contributed by atoms with van der Waals surface area (Å²) in [4.78, 5) is 12.2. The molecule has 0 saturated heterocycles. The molecule has 2 aromatic carbocycles. The number of thioether (sulfide) groups is 1. The minimum Gasteiger partial charge on any atom is -0.493 e. The van der Waals surface area contributed by atoms with Crippen LogP contribution in [-0.4, -0.2) is 31.9 Å². The standard InChI is InChI=1S/C21H27NO3S/c1-16(26-15-18-8-5-4-6-9-18)21(23)22-13-7-10-17-11-12-19(24-2)20(14-17)25-3/h4-6,8-9,11-12,14,16H,7,10,13,15H2,1-3H3,(H,22,23)/t16-/m1/s1. The highest BCUT2D eigenvalue weighted by atomic mass is 32.2. The molecule has 1 amide bonds. The van der Waals surface area contributed by atoms with E-state index in [0.29, 0.717) is 6.54 Å². The Balaban J connectivity index is 1.69. The number of hydrogen-bond acceptors (Lipinski definition) is 4. The molecule has 0 heterocycles. The fourth-order valence-corrected chi connectivity index (χ4v) is 3.42. The van der Waals surface area contributed by atoms with Crippen LogP contribution in [0.1, 0.15) is 24.5 Å². The fourth-order valence-electron chi connectivity index (χ4n) is 2.56. The molecule has 5 heteroatoms. The summed E-state index contributed by atoms with van der Waals surface area (Å²) < 4.78 is 10.6. The molecule has 26 heavy (non-hydrogen) atoms. The van der Waals surface area contributed by atoms with Crippen LogP contribution in [0, 0.1) is 0 Å². The average Bonchev–Trinajstić information content (AvgIpc) is 2.69. The van der Waals surface area contributed by atoms with Crippen LogP contribution >= 0.6 is 11.8 Å². The molecule has 4 nitrogen and oxygen atoms in total. The van der Waals surface area contributed by atoms with Crippen LogP contribution in [0.2, 0.25) is 0 Å². The molecule has 1 N–H and O–H groups in total. The minimum absolute atomic E-state index is 0.0590. The summed E-state index contributed by atoms with van der Waals surface area (Å²) in [5, 5.41) is 2.97. The van der Waals surface area contributed by atoms with Crippen molar-refractivity contribution >= 4 is 17.7 Å². The van der Waals surface area contributed by atoms with Crippen molar-refractivity contribution in [3.05, 3.63) is 59.7 Å². The smallest absolute Gasteiger partial charge is 0.232 e. The summed E-state index contributed by atoms with van der Waals surface area (Å²) in [6.45, 7) is 2.63. The van der Waals surface area contributed by atoms with Gasteiger partial charge in [0, 0.05) is 12.3 Å². The van der Waals surface area contributed by atoms with E-state index in [1.807, 2.05) is 43.3 Å². The molecule has 0 radical (unpaired) electrons. The summed E-state index contributed by atoms with van der Waals surface area (Å²) in [6.07, 6.45) is 1.77. The van der Waals surface area contributed by atoms with Gasteiger partial charge in [0.25, 0.3) is 0 Å². The number of benzene rings is 2. The molecule has 0 spiro atoms. The highest BCUT2D eigenvalue weighted by Gasteiger charge is 2.12. The number of nitrogens with one attached hydrogen (secondary N) is 1. The Morgan fingerprint density at radius 3 is 2.46 bits per heavy atom. The highest BCUT2D eigenvalue weighted by Crippen LogP contribution is 2.27. The quantitative estimate of drug-likeness (QED) is 0.638. The van der Waals surface area contributed by atoms with E-state index in [1.54, 1.807) is 26.0 Å². The van der Waals surface area contributed by atoms with Gasteiger partial charge in [0.2, 0.25) is 5.91 Å². The number of carbonyl (C=O) groups excluding carboxylic acids is 1.